The molecule has 0 fully saturated rings. The van der Waals surface area contributed by atoms with Crippen molar-refractivity contribution in [3.8, 4) is 5.75 Å². The van der Waals surface area contributed by atoms with Gasteiger partial charge in [-0.1, -0.05) is 32.9 Å². The lowest BCUT2D eigenvalue weighted by atomic mass is 9.81. The van der Waals surface area contributed by atoms with Crippen LogP contribution in [0.1, 0.15) is 38.3 Å². The van der Waals surface area contributed by atoms with Crippen molar-refractivity contribution in [2.45, 2.75) is 39.2 Å². The molecule has 0 amide bonds. The predicted molar refractivity (Wildman–Crippen MR) is 64.9 cm³/mol. The van der Waals surface area contributed by atoms with Crippen LogP contribution in [0.5, 0.6) is 5.75 Å². The number of rotatable bonds is 5. The van der Waals surface area contributed by atoms with Gasteiger partial charge in [0.05, 0.1) is 7.11 Å². The molecule has 3 nitrogen and oxygen atoms in total. The van der Waals surface area contributed by atoms with Gasteiger partial charge >= 0.3 is 0 Å². The van der Waals surface area contributed by atoms with Crippen LogP contribution >= 0.6 is 0 Å². The molecule has 2 N–H and O–H groups in total. The molecule has 90 valence electrons. The van der Waals surface area contributed by atoms with E-state index in [4.69, 9.17) is 9.94 Å². The summed E-state index contributed by atoms with van der Waals surface area (Å²) in [4.78, 5) is 0. The molecule has 0 saturated carbocycles. The third-order valence-electron chi connectivity index (χ3n) is 3.22. The Bertz CT molecular complexity index is 348. The zero-order chi connectivity index (χ0) is 12.2. The number of hydrogen-bond donors (Lipinski definition) is 2. The van der Waals surface area contributed by atoms with E-state index >= 15 is 0 Å². The summed E-state index contributed by atoms with van der Waals surface area (Å²) in [5.41, 5.74) is 4.57. The second-order valence-corrected chi connectivity index (χ2v) is 4.60. The molecule has 0 heterocycles. The molecule has 0 aliphatic heterocycles. The van der Waals surface area contributed by atoms with Crippen molar-refractivity contribution < 1.29 is 9.94 Å². The fourth-order valence-corrected chi connectivity index (χ4v) is 1.63. The van der Waals surface area contributed by atoms with E-state index in [1.165, 1.54) is 5.56 Å². The molecular weight excluding hydrogens is 202 g/mol. The smallest absolute Gasteiger partial charge is 0.123 e. The standard InChI is InChI=1S/C13H21NO2/c1-5-13(2,3)11-6-7-12(16-4)10(8-11)9-14-15/h6-8,14-15H,5,9H2,1-4H3. The quantitative estimate of drug-likeness (QED) is 0.754. The Morgan fingerprint density at radius 2 is 2.06 bits per heavy atom. The van der Waals surface area contributed by atoms with E-state index in [-0.39, 0.29) is 5.41 Å². The van der Waals surface area contributed by atoms with Gasteiger partial charge in [0.1, 0.15) is 5.75 Å². The molecule has 0 aliphatic rings. The second-order valence-electron chi connectivity index (χ2n) is 4.60. The minimum absolute atomic E-state index is 0.149. The van der Waals surface area contributed by atoms with Crippen LogP contribution in [-0.2, 0) is 12.0 Å². The van der Waals surface area contributed by atoms with Crippen LogP contribution in [0.25, 0.3) is 0 Å². The number of benzene rings is 1. The average molecular weight is 223 g/mol. The first-order chi connectivity index (χ1) is 7.55. The lowest BCUT2D eigenvalue weighted by molar-refractivity contribution is 0.160. The SMILES string of the molecule is CCC(C)(C)c1ccc(OC)c(CNO)c1. The van der Waals surface area contributed by atoms with Crippen LogP contribution in [0.3, 0.4) is 0 Å². The Morgan fingerprint density at radius 3 is 2.56 bits per heavy atom. The lowest BCUT2D eigenvalue weighted by Crippen LogP contribution is -2.17. The first-order valence-corrected chi connectivity index (χ1v) is 5.59. The summed E-state index contributed by atoms with van der Waals surface area (Å²) in [7, 11) is 1.64. The number of hydroxylamine groups is 1. The summed E-state index contributed by atoms with van der Waals surface area (Å²) in [5, 5.41) is 8.78. The summed E-state index contributed by atoms with van der Waals surface area (Å²) in [5.74, 6) is 0.803. The van der Waals surface area contributed by atoms with Gasteiger partial charge in [0.25, 0.3) is 0 Å². The monoisotopic (exact) mass is 223 g/mol. The maximum absolute atomic E-state index is 8.78. The number of methoxy groups -OCH3 is 1. The van der Waals surface area contributed by atoms with Crippen LogP contribution in [0, 0.1) is 0 Å². The molecule has 0 atom stereocenters. The molecule has 1 aromatic carbocycles. The highest BCUT2D eigenvalue weighted by molar-refractivity contribution is 5.39. The van der Waals surface area contributed by atoms with Crippen molar-refractivity contribution in [3.05, 3.63) is 29.3 Å². The van der Waals surface area contributed by atoms with E-state index in [1.807, 2.05) is 6.07 Å². The Morgan fingerprint density at radius 1 is 1.38 bits per heavy atom. The van der Waals surface area contributed by atoms with Gasteiger partial charge in [-0.2, -0.15) is 0 Å². The van der Waals surface area contributed by atoms with Gasteiger partial charge in [-0.15, -0.1) is 0 Å². The Labute approximate surface area is 97.4 Å². The molecule has 0 spiro atoms. The summed E-state index contributed by atoms with van der Waals surface area (Å²) < 4.78 is 5.25. The minimum Gasteiger partial charge on any atom is -0.496 e. The molecule has 0 saturated heterocycles. The first kappa shape index (κ1) is 13.0. The second kappa shape index (κ2) is 5.32. The van der Waals surface area contributed by atoms with E-state index in [2.05, 4.69) is 38.4 Å². The maximum atomic E-state index is 8.78. The van der Waals surface area contributed by atoms with Crippen LogP contribution in [0.2, 0.25) is 0 Å². The third-order valence-corrected chi connectivity index (χ3v) is 3.22. The van der Waals surface area contributed by atoms with Gasteiger partial charge < -0.3 is 9.94 Å². The first-order valence-electron chi connectivity index (χ1n) is 5.59. The Balaban J connectivity index is 3.11. The minimum atomic E-state index is 0.149. The fraction of sp³-hybridized carbons (Fsp3) is 0.538. The topological polar surface area (TPSA) is 41.5 Å². The molecule has 1 rings (SSSR count). The van der Waals surface area contributed by atoms with Crippen molar-refractivity contribution in [3.63, 3.8) is 0 Å². The van der Waals surface area contributed by atoms with Crippen molar-refractivity contribution in [1.29, 1.82) is 0 Å². The molecule has 0 aliphatic carbocycles. The predicted octanol–water partition coefficient (Wildman–Crippen LogP) is 2.86. The number of nitrogens with one attached hydrogen (secondary N) is 1. The summed E-state index contributed by atoms with van der Waals surface area (Å²) in [6, 6.07) is 6.13. The summed E-state index contributed by atoms with van der Waals surface area (Å²) >= 11 is 0. The van der Waals surface area contributed by atoms with Gasteiger partial charge in [-0.3, -0.25) is 0 Å². The van der Waals surface area contributed by atoms with E-state index in [9.17, 15) is 0 Å². The summed E-state index contributed by atoms with van der Waals surface area (Å²) in [6.45, 7) is 7.00. The van der Waals surface area contributed by atoms with E-state index < -0.39 is 0 Å². The fourth-order valence-electron chi connectivity index (χ4n) is 1.63. The Kier molecular flexibility index (Phi) is 4.33. The van der Waals surface area contributed by atoms with E-state index in [0.717, 1.165) is 17.7 Å². The number of hydrogen-bond acceptors (Lipinski definition) is 3. The lowest BCUT2D eigenvalue weighted by Gasteiger charge is -2.24. The molecular formula is C13H21NO2. The van der Waals surface area contributed by atoms with Gasteiger partial charge in [-0.05, 0) is 23.5 Å². The highest BCUT2D eigenvalue weighted by Gasteiger charge is 2.19. The van der Waals surface area contributed by atoms with Gasteiger partial charge in [-0.25, -0.2) is 5.48 Å². The molecule has 16 heavy (non-hydrogen) atoms. The molecule has 3 heteroatoms. The molecule has 1 aromatic rings. The van der Waals surface area contributed by atoms with Gasteiger partial charge in [0, 0.05) is 12.1 Å². The van der Waals surface area contributed by atoms with Crippen molar-refractivity contribution in [2.75, 3.05) is 7.11 Å². The molecule has 0 unspecified atom stereocenters. The summed E-state index contributed by atoms with van der Waals surface area (Å²) in [6.07, 6.45) is 1.07. The number of ether oxygens (including phenoxy) is 1. The average Bonchev–Trinajstić information content (AvgIpc) is 2.29. The normalized spacial score (nSPS) is 11.6. The van der Waals surface area contributed by atoms with Crippen molar-refractivity contribution >= 4 is 0 Å². The van der Waals surface area contributed by atoms with Gasteiger partial charge in [0.15, 0.2) is 0 Å². The van der Waals surface area contributed by atoms with Crippen molar-refractivity contribution in [1.82, 2.24) is 5.48 Å². The van der Waals surface area contributed by atoms with Crippen LogP contribution in [0.15, 0.2) is 18.2 Å². The van der Waals surface area contributed by atoms with Crippen molar-refractivity contribution in [2.24, 2.45) is 0 Å². The molecule has 0 aromatic heterocycles. The zero-order valence-electron chi connectivity index (χ0n) is 10.5. The van der Waals surface area contributed by atoms with E-state index in [1.54, 1.807) is 7.11 Å². The van der Waals surface area contributed by atoms with Crippen LogP contribution < -0.4 is 10.2 Å². The molecule has 0 radical (unpaired) electrons. The largest absolute Gasteiger partial charge is 0.496 e. The Hall–Kier alpha value is -1.06. The highest BCUT2D eigenvalue weighted by Crippen LogP contribution is 2.30. The molecule has 0 bridgehead atoms. The highest BCUT2D eigenvalue weighted by atomic mass is 16.5. The zero-order valence-corrected chi connectivity index (χ0v) is 10.5. The maximum Gasteiger partial charge on any atom is 0.123 e. The van der Waals surface area contributed by atoms with E-state index in [0.29, 0.717) is 6.54 Å². The van der Waals surface area contributed by atoms with Crippen LogP contribution in [-0.4, -0.2) is 12.3 Å². The van der Waals surface area contributed by atoms with Crippen LogP contribution in [0.4, 0.5) is 0 Å². The van der Waals surface area contributed by atoms with Gasteiger partial charge in [0.2, 0.25) is 0 Å². The third kappa shape index (κ3) is 2.74.